The van der Waals surface area contributed by atoms with E-state index in [4.69, 9.17) is 13.8 Å². The number of furan rings is 1. The number of oxazole rings is 1. The highest BCUT2D eigenvalue weighted by molar-refractivity contribution is 6.14. The van der Waals surface area contributed by atoms with Crippen LogP contribution in [0.25, 0.3) is 99.4 Å². The van der Waals surface area contributed by atoms with Gasteiger partial charge in [-0.2, -0.15) is 0 Å². The van der Waals surface area contributed by atoms with Crippen molar-refractivity contribution in [3.05, 3.63) is 164 Å². The molecule has 0 atom stereocenters. The van der Waals surface area contributed by atoms with Crippen LogP contribution in [0.4, 0.5) is 0 Å². The molecule has 0 bridgehead atoms. The lowest BCUT2D eigenvalue weighted by molar-refractivity contribution is 0.620. The average molecular weight is 614 g/mol. The third-order valence-electron chi connectivity index (χ3n) is 9.51. The SMILES string of the molecule is c1ccc2c(-c3ccc4oc5c(-c6ccc(-c7nc8ccccc8o7)cc6)cc(-c6cccc7ccccc67)cc5c4c3)cccc2c1. The van der Waals surface area contributed by atoms with Crippen molar-refractivity contribution in [2.45, 2.75) is 0 Å². The van der Waals surface area contributed by atoms with Crippen molar-refractivity contribution >= 4 is 54.6 Å². The van der Waals surface area contributed by atoms with Crippen LogP contribution in [0, 0.1) is 0 Å². The van der Waals surface area contributed by atoms with E-state index in [1.165, 1.54) is 38.2 Å². The molecule has 0 aliphatic carbocycles. The molecule has 0 saturated heterocycles. The van der Waals surface area contributed by atoms with Gasteiger partial charge < -0.3 is 8.83 Å². The largest absolute Gasteiger partial charge is 0.455 e. The number of hydrogen-bond acceptors (Lipinski definition) is 3. The fourth-order valence-electron chi connectivity index (χ4n) is 7.16. The molecule has 0 spiro atoms. The second-order valence-electron chi connectivity index (χ2n) is 12.3. The van der Waals surface area contributed by atoms with Crippen LogP contribution in [-0.2, 0) is 0 Å². The standard InChI is InChI=1S/C45H27NO2/c1-3-13-34-28(9-1)11-7-15-36(34)32-23-24-42-39(25-32)40-27-33(37-16-8-12-29-10-2-4-14-35(29)37)26-38(44(40)47-42)30-19-21-31(22-20-30)45-46-41-17-5-6-18-43(41)48-45/h1-27H. The van der Waals surface area contributed by atoms with Crippen LogP contribution in [0.2, 0.25) is 0 Å². The van der Waals surface area contributed by atoms with Gasteiger partial charge >= 0.3 is 0 Å². The zero-order valence-corrected chi connectivity index (χ0v) is 25.9. The first-order chi connectivity index (χ1) is 23.8. The van der Waals surface area contributed by atoms with E-state index in [9.17, 15) is 0 Å². The van der Waals surface area contributed by atoms with Gasteiger partial charge in [0, 0.05) is 21.9 Å². The molecular formula is C45H27NO2. The summed E-state index contributed by atoms with van der Waals surface area (Å²) in [6.07, 6.45) is 0. The second kappa shape index (κ2) is 10.5. The van der Waals surface area contributed by atoms with Gasteiger partial charge in [0.25, 0.3) is 0 Å². The average Bonchev–Trinajstić information content (AvgIpc) is 3.76. The van der Waals surface area contributed by atoms with Crippen molar-refractivity contribution in [2.75, 3.05) is 0 Å². The molecule has 10 aromatic rings. The van der Waals surface area contributed by atoms with E-state index in [0.29, 0.717) is 5.89 Å². The molecule has 0 saturated carbocycles. The van der Waals surface area contributed by atoms with Gasteiger partial charge in [-0.1, -0.05) is 115 Å². The monoisotopic (exact) mass is 613 g/mol. The van der Waals surface area contributed by atoms with Gasteiger partial charge in [-0.15, -0.1) is 0 Å². The number of rotatable bonds is 4. The highest BCUT2D eigenvalue weighted by Gasteiger charge is 2.18. The number of para-hydroxylation sites is 2. The predicted octanol–water partition coefficient (Wildman–Crippen LogP) is 12.7. The Bertz CT molecular complexity index is 2790. The minimum atomic E-state index is 0.613. The van der Waals surface area contributed by atoms with Crippen LogP contribution in [0.1, 0.15) is 0 Å². The summed E-state index contributed by atoms with van der Waals surface area (Å²) in [5.74, 6) is 0.613. The minimum absolute atomic E-state index is 0.613. The molecule has 0 radical (unpaired) electrons. The number of aromatic nitrogens is 1. The molecule has 0 N–H and O–H groups in total. The summed E-state index contributed by atoms with van der Waals surface area (Å²) in [7, 11) is 0. The predicted molar refractivity (Wildman–Crippen MR) is 198 cm³/mol. The molecule has 48 heavy (non-hydrogen) atoms. The van der Waals surface area contributed by atoms with Crippen molar-refractivity contribution in [1.82, 2.24) is 4.98 Å². The van der Waals surface area contributed by atoms with Gasteiger partial charge in [0.2, 0.25) is 5.89 Å². The molecular weight excluding hydrogens is 587 g/mol. The van der Waals surface area contributed by atoms with Crippen LogP contribution < -0.4 is 0 Å². The van der Waals surface area contributed by atoms with Gasteiger partial charge in [-0.25, -0.2) is 4.98 Å². The molecule has 0 fully saturated rings. The summed E-state index contributed by atoms with van der Waals surface area (Å²) in [6, 6.07) is 57.6. The quantitative estimate of drug-likeness (QED) is 0.198. The van der Waals surface area contributed by atoms with Gasteiger partial charge in [-0.05, 0) is 97.9 Å². The summed E-state index contributed by atoms with van der Waals surface area (Å²) in [6.45, 7) is 0. The van der Waals surface area contributed by atoms with Gasteiger partial charge in [0.05, 0.1) is 0 Å². The topological polar surface area (TPSA) is 39.2 Å². The summed E-state index contributed by atoms with van der Waals surface area (Å²) in [4.78, 5) is 4.71. The highest BCUT2D eigenvalue weighted by Crippen LogP contribution is 2.43. The second-order valence-corrected chi connectivity index (χ2v) is 12.3. The Kier molecular flexibility index (Phi) is 5.87. The van der Waals surface area contributed by atoms with E-state index in [1.54, 1.807) is 0 Å². The van der Waals surface area contributed by atoms with Crippen molar-refractivity contribution in [3.8, 4) is 44.8 Å². The van der Waals surface area contributed by atoms with Crippen LogP contribution in [-0.4, -0.2) is 4.98 Å². The van der Waals surface area contributed by atoms with Crippen LogP contribution in [0.3, 0.4) is 0 Å². The molecule has 10 rings (SSSR count). The first-order valence-electron chi connectivity index (χ1n) is 16.2. The molecule has 2 heterocycles. The zero-order chi connectivity index (χ0) is 31.6. The maximum absolute atomic E-state index is 6.72. The van der Waals surface area contributed by atoms with Crippen molar-refractivity contribution in [1.29, 1.82) is 0 Å². The van der Waals surface area contributed by atoms with Crippen LogP contribution in [0.5, 0.6) is 0 Å². The Balaban J connectivity index is 1.19. The lowest BCUT2D eigenvalue weighted by Crippen LogP contribution is -1.86. The summed E-state index contributed by atoms with van der Waals surface area (Å²) in [5, 5.41) is 7.10. The Morgan fingerprint density at radius 2 is 0.958 bits per heavy atom. The van der Waals surface area contributed by atoms with Crippen LogP contribution >= 0.6 is 0 Å². The molecule has 8 aromatic carbocycles. The first-order valence-corrected chi connectivity index (χ1v) is 16.2. The zero-order valence-electron chi connectivity index (χ0n) is 25.9. The van der Waals surface area contributed by atoms with Crippen molar-refractivity contribution in [3.63, 3.8) is 0 Å². The lowest BCUT2D eigenvalue weighted by atomic mass is 9.92. The first kappa shape index (κ1) is 26.7. The molecule has 0 aliphatic rings. The number of benzene rings is 8. The fraction of sp³-hybridized carbons (Fsp3) is 0. The Morgan fingerprint density at radius 1 is 0.354 bits per heavy atom. The maximum Gasteiger partial charge on any atom is 0.227 e. The molecule has 2 aromatic heterocycles. The molecule has 3 heteroatoms. The lowest BCUT2D eigenvalue weighted by Gasteiger charge is -2.11. The van der Waals surface area contributed by atoms with E-state index in [2.05, 4.69) is 140 Å². The van der Waals surface area contributed by atoms with E-state index >= 15 is 0 Å². The number of nitrogens with zero attached hydrogens (tertiary/aromatic N) is 1. The third-order valence-corrected chi connectivity index (χ3v) is 9.51. The normalized spacial score (nSPS) is 11.8. The van der Waals surface area contributed by atoms with E-state index in [-0.39, 0.29) is 0 Å². The minimum Gasteiger partial charge on any atom is -0.455 e. The van der Waals surface area contributed by atoms with E-state index in [0.717, 1.165) is 55.3 Å². The summed E-state index contributed by atoms with van der Waals surface area (Å²) >= 11 is 0. The van der Waals surface area contributed by atoms with E-state index < -0.39 is 0 Å². The molecule has 3 nitrogen and oxygen atoms in total. The summed E-state index contributed by atoms with van der Waals surface area (Å²) in [5.41, 5.74) is 11.1. The Morgan fingerprint density at radius 3 is 1.71 bits per heavy atom. The highest BCUT2D eigenvalue weighted by atomic mass is 16.3. The van der Waals surface area contributed by atoms with Crippen LogP contribution in [0.15, 0.2) is 173 Å². The smallest absolute Gasteiger partial charge is 0.227 e. The van der Waals surface area contributed by atoms with Crippen molar-refractivity contribution < 1.29 is 8.83 Å². The fourth-order valence-corrected chi connectivity index (χ4v) is 7.16. The van der Waals surface area contributed by atoms with Gasteiger partial charge in [-0.3, -0.25) is 0 Å². The van der Waals surface area contributed by atoms with Gasteiger partial charge in [0.15, 0.2) is 5.58 Å². The Labute approximate surface area is 276 Å². The molecule has 224 valence electrons. The summed E-state index contributed by atoms with van der Waals surface area (Å²) < 4.78 is 12.8. The van der Waals surface area contributed by atoms with Gasteiger partial charge in [0.1, 0.15) is 16.7 Å². The molecule has 0 amide bonds. The molecule has 0 unspecified atom stereocenters. The number of fused-ring (bicyclic) bond motifs is 6. The third kappa shape index (κ3) is 4.25. The maximum atomic E-state index is 6.72. The number of hydrogen-bond donors (Lipinski definition) is 0. The van der Waals surface area contributed by atoms with Crippen molar-refractivity contribution in [2.24, 2.45) is 0 Å². The Hall–Kier alpha value is -6.45. The molecule has 0 aliphatic heterocycles. The van der Waals surface area contributed by atoms with E-state index in [1.807, 2.05) is 24.3 Å².